The van der Waals surface area contributed by atoms with Crippen LogP contribution in [0.15, 0.2) is 36.5 Å². The van der Waals surface area contributed by atoms with E-state index in [-0.39, 0.29) is 5.91 Å². The van der Waals surface area contributed by atoms with Gasteiger partial charge in [0.25, 0.3) is 0 Å². The lowest BCUT2D eigenvalue weighted by atomic mass is 10.0. The zero-order valence-electron chi connectivity index (χ0n) is 15.6. The van der Waals surface area contributed by atoms with Crippen LogP contribution >= 0.6 is 0 Å². The fourth-order valence-corrected chi connectivity index (χ4v) is 3.20. The first kappa shape index (κ1) is 18.4. The van der Waals surface area contributed by atoms with Gasteiger partial charge in [-0.1, -0.05) is 18.2 Å². The number of methoxy groups -OCH3 is 1. The molecule has 1 saturated heterocycles. The standard InChI is InChI=1S/C19H26N4O3/c1-15-6-4-5-7-16(15)26-14-19(25-3)9-11-23(13-19)12-18(24)20-17-8-10-22(2)21-17/h4-8,10H,9,11-14H2,1-3H3,(H,20,21,24)/t19-/m1/s1. The third-order valence-corrected chi connectivity index (χ3v) is 4.76. The SMILES string of the molecule is CO[C@]1(COc2ccccc2C)CCN(CC(=O)Nc2ccn(C)n2)C1. The van der Waals surface area contributed by atoms with Gasteiger partial charge < -0.3 is 14.8 Å². The van der Waals surface area contributed by atoms with Crippen molar-refractivity contribution in [2.45, 2.75) is 18.9 Å². The van der Waals surface area contributed by atoms with E-state index in [1.807, 2.05) is 38.2 Å². The van der Waals surface area contributed by atoms with Gasteiger partial charge in [0.2, 0.25) is 5.91 Å². The Morgan fingerprint density at radius 1 is 1.35 bits per heavy atom. The lowest BCUT2D eigenvalue weighted by Crippen LogP contribution is -2.42. The smallest absolute Gasteiger partial charge is 0.239 e. The molecular weight excluding hydrogens is 332 g/mol. The molecule has 1 N–H and O–H groups in total. The van der Waals surface area contributed by atoms with Gasteiger partial charge >= 0.3 is 0 Å². The summed E-state index contributed by atoms with van der Waals surface area (Å²) in [5.74, 6) is 1.36. The van der Waals surface area contributed by atoms with Crippen LogP contribution in [0.3, 0.4) is 0 Å². The Hall–Kier alpha value is -2.38. The van der Waals surface area contributed by atoms with Crippen LogP contribution in [0.2, 0.25) is 0 Å². The fourth-order valence-electron chi connectivity index (χ4n) is 3.20. The Balaban J connectivity index is 1.53. The number of aromatic nitrogens is 2. The molecule has 1 aliphatic heterocycles. The molecule has 0 spiro atoms. The molecule has 7 heteroatoms. The van der Waals surface area contributed by atoms with Crippen molar-refractivity contribution < 1.29 is 14.3 Å². The first-order valence-corrected chi connectivity index (χ1v) is 8.75. The zero-order valence-corrected chi connectivity index (χ0v) is 15.6. The molecule has 0 saturated carbocycles. The number of benzene rings is 1. The molecule has 7 nitrogen and oxygen atoms in total. The van der Waals surface area contributed by atoms with Crippen LogP contribution in [0.25, 0.3) is 0 Å². The molecule has 1 aromatic heterocycles. The third kappa shape index (κ3) is 4.42. The summed E-state index contributed by atoms with van der Waals surface area (Å²) >= 11 is 0. The quantitative estimate of drug-likeness (QED) is 0.818. The lowest BCUT2D eigenvalue weighted by Gasteiger charge is -2.28. The van der Waals surface area contributed by atoms with Gasteiger partial charge in [-0.3, -0.25) is 14.4 Å². The summed E-state index contributed by atoms with van der Waals surface area (Å²) in [6.07, 6.45) is 2.62. The molecule has 1 aromatic carbocycles. The number of hydrogen-bond acceptors (Lipinski definition) is 5. The predicted molar refractivity (Wildman–Crippen MR) is 99.3 cm³/mol. The summed E-state index contributed by atoms with van der Waals surface area (Å²) in [5, 5.41) is 6.98. The first-order valence-electron chi connectivity index (χ1n) is 8.75. The Kier molecular flexibility index (Phi) is 5.58. The Labute approximate surface area is 153 Å². The second kappa shape index (κ2) is 7.88. The van der Waals surface area contributed by atoms with Gasteiger partial charge in [0.05, 0.1) is 6.54 Å². The number of hydrogen-bond donors (Lipinski definition) is 1. The molecule has 0 radical (unpaired) electrons. The highest BCUT2D eigenvalue weighted by Gasteiger charge is 2.39. The van der Waals surface area contributed by atoms with Crippen molar-refractivity contribution in [2.75, 3.05) is 38.7 Å². The van der Waals surface area contributed by atoms with Gasteiger partial charge in [-0.2, -0.15) is 5.10 Å². The van der Waals surface area contributed by atoms with Crippen LogP contribution in [0, 0.1) is 6.92 Å². The van der Waals surface area contributed by atoms with Crippen molar-refractivity contribution in [1.29, 1.82) is 0 Å². The van der Waals surface area contributed by atoms with E-state index in [0.717, 1.165) is 24.3 Å². The number of nitrogens with one attached hydrogen (secondary N) is 1. The van der Waals surface area contributed by atoms with E-state index in [4.69, 9.17) is 9.47 Å². The van der Waals surface area contributed by atoms with E-state index in [9.17, 15) is 4.79 Å². The third-order valence-electron chi connectivity index (χ3n) is 4.76. The highest BCUT2D eigenvalue weighted by Crippen LogP contribution is 2.27. The molecule has 3 rings (SSSR count). The summed E-state index contributed by atoms with van der Waals surface area (Å²) in [6.45, 7) is 4.25. The van der Waals surface area contributed by atoms with E-state index in [0.29, 0.717) is 25.5 Å². The molecule has 1 amide bonds. The number of rotatable bonds is 7. The first-order chi connectivity index (χ1) is 12.5. The number of anilines is 1. The van der Waals surface area contributed by atoms with Crippen LogP contribution < -0.4 is 10.1 Å². The van der Waals surface area contributed by atoms with Crippen LogP contribution in [-0.4, -0.2) is 59.5 Å². The normalized spacial score (nSPS) is 20.3. The van der Waals surface area contributed by atoms with Crippen molar-refractivity contribution in [3.05, 3.63) is 42.1 Å². The van der Waals surface area contributed by atoms with Crippen molar-refractivity contribution in [3.63, 3.8) is 0 Å². The Morgan fingerprint density at radius 2 is 2.15 bits per heavy atom. The van der Waals surface area contributed by atoms with Gasteiger partial charge in [-0.15, -0.1) is 0 Å². The largest absolute Gasteiger partial charge is 0.490 e. The van der Waals surface area contributed by atoms with E-state index < -0.39 is 5.60 Å². The number of aryl methyl sites for hydroxylation is 2. The van der Waals surface area contributed by atoms with Crippen LogP contribution in [0.4, 0.5) is 5.82 Å². The number of nitrogens with zero attached hydrogens (tertiary/aromatic N) is 3. The molecule has 1 aliphatic rings. The minimum absolute atomic E-state index is 0.0737. The second-order valence-corrected chi connectivity index (χ2v) is 6.82. The maximum atomic E-state index is 12.2. The monoisotopic (exact) mass is 358 g/mol. The number of ether oxygens (including phenoxy) is 2. The number of para-hydroxylation sites is 1. The van der Waals surface area contributed by atoms with Crippen LogP contribution in [0.5, 0.6) is 5.75 Å². The maximum Gasteiger partial charge on any atom is 0.239 e. The predicted octanol–water partition coefficient (Wildman–Crippen LogP) is 1.84. The number of amides is 1. The average molecular weight is 358 g/mol. The van der Waals surface area contributed by atoms with E-state index >= 15 is 0 Å². The summed E-state index contributed by atoms with van der Waals surface area (Å²) in [5.41, 5.74) is 0.705. The van der Waals surface area contributed by atoms with E-state index in [1.165, 1.54) is 0 Å². The molecule has 2 heterocycles. The summed E-state index contributed by atoms with van der Waals surface area (Å²) in [4.78, 5) is 14.3. The van der Waals surface area contributed by atoms with Crippen molar-refractivity contribution in [1.82, 2.24) is 14.7 Å². The van der Waals surface area contributed by atoms with Crippen molar-refractivity contribution >= 4 is 11.7 Å². The van der Waals surface area contributed by atoms with Crippen LogP contribution in [-0.2, 0) is 16.6 Å². The highest BCUT2D eigenvalue weighted by molar-refractivity contribution is 5.91. The Morgan fingerprint density at radius 3 is 2.85 bits per heavy atom. The topological polar surface area (TPSA) is 68.6 Å². The molecule has 1 atom stereocenters. The van der Waals surface area contributed by atoms with Gasteiger partial charge in [-0.05, 0) is 25.0 Å². The van der Waals surface area contributed by atoms with Gasteiger partial charge in [-0.25, -0.2) is 0 Å². The molecule has 1 fully saturated rings. The lowest BCUT2D eigenvalue weighted by molar-refractivity contribution is -0.117. The number of likely N-dealkylation sites (tertiary alicyclic amines) is 1. The second-order valence-electron chi connectivity index (χ2n) is 6.82. The molecule has 0 aliphatic carbocycles. The van der Waals surface area contributed by atoms with E-state index in [1.54, 1.807) is 24.1 Å². The van der Waals surface area contributed by atoms with Gasteiger partial charge in [0.1, 0.15) is 18.0 Å². The number of carbonyl (C=O) groups is 1. The molecular formula is C19H26N4O3. The molecule has 0 unspecified atom stereocenters. The summed E-state index contributed by atoms with van der Waals surface area (Å²) in [7, 11) is 3.52. The van der Waals surface area contributed by atoms with Gasteiger partial charge in [0.15, 0.2) is 5.82 Å². The van der Waals surface area contributed by atoms with E-state index in [2.05, 4.69) is 15.3 Å². The van der Waals surface area contributed by atoms with Crippen molar-refractivity contribution in [2.24, 2.45) is 7.05 Å². The molecule has 26 heavy (non-hydrogen) atoms. The fraction of sp³-hybridized carbons (Fsp3) is 0.474. The minimum atomic E-state index is -0.395. The van der Waals surface area contributed by atoms with Crippen LogP contribution in [0.1, 0.15) is 12.0 Å². The molecule has 2 aromatic rings. The average Bonchev–Trinajstić information content (AvgIpc) is 3.21. The summed E-state index contributed by atoms with van der Waals surface area (Å²) < 4.78 is 13.4. The summed E-state index contributed by atoms with van der Waals surface area (Å²) in [6, 6.07) is 9.72. The van der Waals surface area contributed by atoms with Gasteiger partial charge in [0, 0.05) is 39.5 Å². The molecule has 140 valence electrons. The number of carbonyl (C=O) groups excluding carboxylic acids is 1. The maximum absolute atomic E-state index is 12.2. The zero-order chi connectivity index (χ0) is 18.6. The minimum Gasteiger partial charge on any atom is -0.490 e. The highest BCUT2D eigenvalue weighted by atomic mass is 16.5. The molecule has 0 bridgehead atoms. The van der Waals surface area contributed by atoms with Crippen molar-refractivity contribution in [3.8, 4) is 5.75 Å². The Bertz CT molecular complexity index is 761.